The SMILES string of the molecule is CC1=C(C#Cc2ccc(O)cc2CO[Si](C(C)C)(C(C)C)C(C)C)CCCC1=O. The van der Waals surface area contributed by atoms with Crippen LogP contribution in [0.5, 0.6) is 5.75 Å². The molecule has 1 aliphatic carbocycles. The third-order valence-corrected chi connectivity index (χ3v) is 12.4. The Labute approximate surface area is 177 Å². The molecule has 1 aromatic rings. The minimum Gasteiger partial charge on any atom is -0.508 e. The summed E-state index contributed by atoms with van der Waals surface area (Å²) in [5.74, 6) is 6.91. The second-order valence-electron chi connectivity index (χ2n) is 9.08. The molecule has 0 aliphatic heterocycles. The summed E-state index contributed by atoms with van der Waals surface area (Å²) in [5, 5.41) is 10.0. The number of carbonyl (C=O) groups excluding carboxylic acids is 1. The normalized spacial score (nSPS) is 15.3. The molecule has 0 amide bonds. The van der Waals surface area contributed by atoms with Crippen molar-refractivity contribution in [2.24, 2.45) is 0 Å². The number of carbonyl (C=O) groups is 1. The maximum atomic E-state index is 12.0. The third-order valence-electron chi connectivity index (χ3n) is 6.32. The second-order valence-corrected chi connectivity index (χ2v) is 14.5. The van der Waals surface area contributed by atoms with E-state index in [9.17, 15) is 9.90 Å². The van der Waals surface area contributed by atoms with Crippen molar-refractivity contribution in [3.05, 3.63) is 40.5 Å². The average Bonchev–Trinajstić information content (AvgIpc) is 2.63. The van der Waals surface area contributed by atoms with Crippen molar-refractivity contribution < 1.29 is 14.3 Å². The number of allylic oxidation sites excluding steroid dienone is 2. The molecule has 0 radical (unpaired) electrons. The average molecular weight is 413 g/mol. The summed E-state index contributed by atoms with van der Waals surface area (Å²) in [4.78, 5) is 12.0. The molecular weight excluding hydrogens is 376 g/mol. The van der Waals surface area contributed by atoms with E-state index in [0.717, 1.165) is 35.1 Å². The van der Waals surface area contributed by atoms with Crippen LogP contribution >= 0.6 is 0 Å². The minimum atomic E-state index is -2.01. The van der Waals surface area contributed by atoms with Crippen molar-refractivity contribution in [3.63, 3.8) is 0 Å². The van der Waals surface area contributed by atoms with Crippen LogP contribution in [0.3, 0.4) is 0 Å². The Balaban J connectivity index is 2.36. The third kappa shape index (κ3) is 5.21. The standard InChI is InChI=1S/C25H36O3Si/c1-17(2)29(18(3)4,19(5)6)28-16-23-15-24(26)14-13-22(23)12-11-21-9-8-10-25(27)20(21)7/h13-15,17-19,26H,8-10,16H2,1-7H3. The van der Waals surface area contributed by atoms with E-state index in [1.165, 1.54) is 0 Å². The molecule has 1 N–H and O–H groups in total. The van der Waals surface area contributed by atoms with E-state index in [1.807, 2.05) is 13.0 Å². The van der Waals surface area contributed by atoms with Gasteiger partial charge in [0.2, 0.25) is 8.32 Å². The molecule has 0 unspecified atom stereocenters. The van der Waals surface area contributed by atoms with Crippen molar-refractivity contribution in [1.29, 1.82) is 0 Å². The van der Waals surface area contributed by atoms with Gasteiger partial charge in [-0.1, -0.05) is 53.4 Å². The van der Waals surface area contributed by atoms with E-state index < -0.39 is 8.32 Å². The minimum absolute atomic E-state index is 0.205. The fourth-order valence-corrected chi connectivity index (χ4v) is 10.2. The molecule has 0 saturated heterocycles. The lowest BCUT2D eigenvalue weighted by molar-refractivity contribution is -0.116. The quantitative estimate of drug-likeness (QED) is 0.428. The number of phenolic OH excluding ortho intramolecular Hbond substituents is 1. The van der Waals surface area contributed by atoms with Crippen LogP contribution < -0.4 is 0 Å². The Morgan fingerprint density at radius 1 is 1.03 bits per heavy atom. The maximum absolute atomic E-state index is 12.0. The first kappa shape index (κ1) is 23.4. The molecule has 2 rings (SSSR count). The number of Topliss-reactive ketones (excluding diaryl/α,β-unsaturated/α-hetero) is 1. The van der Waals surface area contributed by atoms with Crippen LogP contribution in [0.4, 0.5) is 0 Å². The van der Waals surface area contributed by atoms with Gasteiger partial charge in [-0.2, -0.15) is 0 Å². The van der Waals surface area contributed by atoms with E-state index in [1.54, 1.807) is 12.1 Å². The first-order valence-corrected chi connectivity index (χ1v) is 12.9. The lowest BCUT2D eigenvalue weighted by atomic mass is 9.92. The van der Waals surface area contributed by atoms with Gasteiger partial charge in [0.15, 0.2) is 5.78 Å². The van der Waals surface area contributed by atoms with Crippen molar-refractivity contribution in [3.8, 4) is 17.6 Å². The van der Waals surface area contributed by atoms with Gasteiger partial charge in [-0.3, -0.25) is 4.79 Å². The Morgan fingerprint density at radius 2 is 1.66 bits per heavy atom. The predicted octanol–water partition coefficient (Wildman–Crippen LogP) is 6.51. The van der Waals surface area contributed by atoms with Crippen LogP contribution in [0.15, 0.2) is 29.3 Å². The van der Waals surface area contributed by atoms with Gasteiger partial charge in [0, 0.05) is 23.1 Å². The zero-order valence-electron chi connectivity index (χ0n) is 19.1. The van der Waals surface area contributed by atoms with E-state index in [0.29, 0.717) is 29.7 Å². The van der Waals surface area contributed by atoms with Gasteiger partial charge in [-0.15, -0.1) is 0 Å². The van der Waals surface area contributed by atoms with E-state index in [2.05, 4.69) is 53.4 Å². The number of benzene rings is 1. The molecule has 0 aromatic heterocycles. The van der Waals surface area contributed by atoms with E-state index in [4.69, 9.17) is 4.43 Å². The van der Waals surface area contributed by atoms with Gasteiger partial charge in [-0.05, 0) is 60.2 Å². The highest BCUT2D eigenvalue weighted by Gasteiger charge is 2.45. The number of rotatable bonds is 6. The smallest absolute Gasteiger partial charge is 0.200 e. The maximum Gasteiger partial charge on any atom is 0.200 e. The second kappa shape index (κ2) is 9.78. The van der Waals surface area contributed by atoms with Crippen LogP contribution in [0, 0.1) is 11.8 Å². The van der Waals surface area contributed by atoms with Gasteiger partial charge >= 0.3 is 0 Å². The monoisotopic (exact) mass is 412 g/mol. The number of aromatic hydroxyl groups is 1. The van der Waals surface area contributed by atoms with Gasteiger partial charge in [0.05, 0.1) is 6.61 Å². The van der Waals surface area contributed by atoms with Gasteiger partial charge in [-0.25, -0.2) is 0 Å². The first-order valence-electron chi connectivity index (χ1n) is 10.8. The molecule has 158 valence electrons. The fraction of sp³-hybridized carbons (Fsp3) is 0.560. The van der Waals surface area contributed by atoms with Crippen LogP contribution in [0.1, 0.15) is 78.9 Å². The van der Waals surface area contributed by atoms with Crippen LogP contribution in [0.25, 0.3) is 0 Å². The molecule has 1 aromatic carbocycles. The van der Waals surface area contributed by atoms with E-state index in [-0.39, 0.29) is 11.5 Å². The van der Waals surface area contributed by atoms with Crippen LogP contribution in [-0.2, 0) is 15.8 Å². The Kier molecular flexibility index (Phi) is 7.91. The van der Waals surface area contributed by atoms with Gasteiger partial charge in [0.25, 0.3) is 0 Å². The topological polar surface area (TPSA) is 46.5 Å². The summed E-state index contributed by atoms with van der Waals surface area (Å²) < 4.78 is 6.72. The number of ketones is 1. The van der Waals surface area contributed by atoms with E-state index >= 15 is 0 Å². The highest BCUT2D eigenvalue weighted by molar-refractivity contribution is 6.77. The molecule has 4 heteroatoms. The largest absolute Gasteiger partial charge is 0.508 e. The molecule has 0 fully saturated rings. The fourth-order valence-electron chi connectivity index (χ4n) is 4.79. The van der Waals surface area contributed by atoms with Crippen LogP contribution in [0.2, 0.25) is 16.6 Å². The number of hydrogen-bond donors (Lipinski definition) is 1. The highest BCUT2D eigenvalue weighted by Crippen LogP contribution is 2.43. The summed E-state index contributed by atoms with van der Waals surface area (Å²) >= 11 is 0. The van der Waals surface area contributed by atoms with Gasteiger partial charge < -0.3 is 9.53 Å². The first-order chi connectivity index (χ1) is 13.6. The molecule has 0 heterocycles. The molecular formula is C25H36O3Si. The lowest BCUT2D eigenvalue weighted by Gasteiger charge is -2.42. The molecule has 0 atom stereocenters. The number of hydrogen-bond acceptors (Lipinski definition) is 3. The molecule has 0 saturated carbocycles. The van der Waals surface area contributed by atoms with Crippen LogP contribution in [-0.4, -0.2) is 19.2 Å². The Morgan fingerprint density at radius 3 is 2.24 bits per heavy atom. The van der Waals surface area contributed by atoms with Crippen molar-refractivity contribution in [2.75, 3.05) is 0 Å². The lowest BCUT2D eigenvalue weighted by Crippen LogP contribution is -2.47. The van der Waals surface area contributed by atoms with Crippen molar-refractivity contribution in [2.45, 2.75) is 91.0 Å². The molecule has 29 heavy (non-hydrogen) atoms. The predicted molar refractivity (Wildman–Crippen MR) is 122 cm³/mol. The zero-order valence-corrected chi connectivity index (χ0v) is 20.1. The summed E-state index contributed by atoms with van der Waals surface area (Å²) in [6.07, 6.45) is 2.36. The summed E-state index contributed by atoms with van der Waals surface area (Å²) in [7, 11) is -2.01. The van der Waals surface area contributed by atoms with Crippen molar-refractivity contribution >= 4 is 14.1 Å². The highest BCUT2D eigenvalue weighted by atomic mass is 28.4. The Bertz CT molecular complexity index is 816. The molecule has 0 spiro atoms. The summed E-state index contributed by atoms with van der Waals surface area (Å²) in [6.45, 7) is 15.9. The number of phenols is 1. The van der Waals surface area contributed by atoms with Gasteiger partial charge in [0.1, 0.15) is 5.75 Å². The Hall–Kier alpha value is -1.83. The van der Waals surface area contributed by atoms with Crippen molar-refractivity contribution in [1.82, 2.24) is 0 Å². The molecule has 3 nitrogen and oxygen atoms in total. The zero-order chi connectivity index (χ0) is 21.8. The molecule has 1 aliphatic rings. The summed E-state index contributed by atoms with van der Waals surface area (Å²) in [5.41, 5.74) is 5.00. The molecule has 0 bridgehead atoms. The summed E-state index contributed by atoms with van der Waals surface area (Å²) in [6, 6.07) is 5.28.